The summed E-state index contributed by atoms with van der Waals surface area (Å²) >= 11 is 5.74. The van der Waals surface area contributed by atoms with Gasteiger partial charge in [-0.1, -0.05) is 0 Å². The van der Waals surface area contributed by atoms with E-state index in [1.54, 1.807) is 0 Å². The van der Waals surface area contributed by atoms with Gasteiger partial charge in [-0.3, -0.25) is 4.79 Å². The number of likely N-dealkylation sites (tertiary alicyclic amines) is 1. The van der Waals surface area contributed by atoms with E-state index in [-0.39, 0.29) is 5.91 Å². The molecular formula is C10H19ClN2O. The molecule has 0 bridgehead atoms. The van der Waals surface area contributed by atoms with Crippen molar-refractivity contribution in [1.82, 2.24) is 9.80 Å². The number of carbonyl (C=O) groups excluding carboxylic acids is 1. The van der Waals surface area contributed by atoms with E-state index in [1.165, 1.54) is 0 Å². The zero-order valence-corrected chi connectivity index (χ0v) is 9.76. The van der Waals surface area contributed by atoms with E-state index >= 15 is 0 Å². The minimum atomic E-state index is 0.273. The predicted molar refractivity (Wildman–Crippen MR) is 58.6 cm³/mol. The summed E-state index contributed by atoms with van der Waals surface area (Å²) in [7, 11) is 4.10. The molecule has 1 unspecified atom stereocenters. The minimum Gasteiger partial charge on any atom is -0.342 e. The van der Waals surface area contributed by atoms with Gasteiger partial charge in [0.2, 0.25) is 5.91 Å². The van der Waals surface area contributed by atoms with Gasteiger partial charge in [-0.25, -0.2) is 0 Å². The molecular weight excluding hydrogens is 200 g/mol. The average molecular weight is 219 g/mol. The molecule has 1 rings (SSSR count). The second-order valence-corrected chi connectivity index (χ2v) is 4.53. The van der Waals surface area contributed by atoms with Crippen molar-refractivity contribution in [3.63, 3.8) is 0 Å². The molecule has 0 radical (unpaired) electrons. The number of amides is 1. The van der Waals surface area contributed by atoms with Crippen molar-refractivity contribution >= 4 is 17.5 Å². The van der Waals surface area contributed by atoms with Crippen molar-refractivity contribution in [2.75, 3.05) is 39.6 Å². The van der Waals surface area contributed by atoms with Crippen molar-refractivity contribution in [2.45, 2.75) is 12.8 Å². The number of nitrogens with zero attached hydrogens (tertiary/aromatic N) is 2. The van der Waals surface area contributed by atoms with Gasteiger partial charge in [-0.15, -0.1) is 11.6 Å². The van der Waals surface area contributed by atoms with E-state index in [1.807, 2.05) is 19.0 Å². The summed E-state index contributed by atoms with van der Waals surface area (Å²) in [6.45, 7) is 2.77. The summed E-state index contributed by atoms with van der Waals surface area (Å²) in [6, 6.07) is 0. The number of carbonyl (C=O) groups is 1. The number of alkyl halides is 1. The summed E-state index contributed by atoms with van der Waals surface area (Å²) in [5.74, 6) is 1.26. The van der Waals surface area contributed by atoms with Gasteiger partial charge in [-0.05, 0) is 33.0 Å². The maximum absolute atomic E-state index is 11.5. The summed E-state index contributed by atoms with van der Waals surface area (Å²) in [5, 5.41) is 0. The Hall–Kier alpha value is -0.280. The Labute approximate surface area is 91.0 Å². The molecule has 1 atom stereocenters. The largest absolute Gasteiger partial charge is 0.342 e. The van der Waals surface area contributed by atoms with E-state index in [2.05, 4.69) is 4.90 Å². The molecule has 14 heavy (non-hydrogen) atoms. The molecule has 0 aromatic carbocycles. The first-order valence-electron chi connectivity index (χ1n) is 5.12. The Morgan fingerprint density at radius 3 is 2.79 bits per heavy atom. The van der Waals surface area contributed by atoms with E-state index in [0.717, 1.165) is 26.1 Å². The molecule has 0 aromatic rings. The summed E-state index contributed by atoms with van der Waals surface area (Å²) < 4.78 is 0. The highest BCUT2D eigenvalue weighted by atomic mass is 35.5. The molecule has 0 aromatic heterocycles. The Morgan fingerprint density at radius 2 is 2.29 bits per heavy atom. The van der Waals surface area contributed by atoms with Crippen molar-refractivity contribution in [3.05, 3.63) is 0 Å². The van der Waals surface area contributed by atoms with Gasteiger partial charge in [0.25, 0.3) is 0 Å². The standard InChI is InChI=1S/C10H19ClN2O/c1-12(2)4-3-5-13-8-9(7-11)6-10(13)14/h9H,3-8H2,1-2H3. The molecule has 1 amide bonds. The highest BCUT2D eigenvalue weighted by molar-refractivity contribution is 6.18. The number of rotatable bonds is 5. The monoisotopic (exact) mass is 218 g/mol. The molecule has 0 N–H and O–H groups in total. The fourth-order valence-corrected chi connectivity index (χ4v) is 1.96. The summed E-state index contributed by atoms with van der Waals surface area (Å²) in [5.41, 5.74) is 0. The smallest absolute Gasteiger partial charge is 0.222 e. The number of hydrogen-bond acceptors (Lipinski definition) is 2. The maximum atomic E-state index is 11.5. The lowest BCUT2D eigenvalue weighted by atomic mass is 10.1. The molecule has 0 aliphatic carbocycles. The van der Waals surface area contributed by atoms with Gasteiger partial charge >= 0.3 is 0 Å². The topological polar surface area (TPSA) is 23.6 Å². The first kappa shape index (κ1) is 11.8. The number of hydrogen-bond donors (Lipinski definition) is 0. The van der Waals surface area contributed by atoms with Crippen LogP contribution in [0.2, 0.25) is 0 Å². The van der Waals surface area contributed by atoms with E-state index < -0.39 is 0 Å². The van der Waals surface area contributed by atoms with Crippen molar-refractivity contribution in [1.29, 1.82) is 0 Å². The van der Waals surface area contributed by atoms with Gasteiger partial charge in [0.1, 0.15) is 0 Å². The van der Waals surface area contributed by atoms with Crippen LogP contribution in [-0.4, -0.2) is 55.3 Å². The molecule has 0 spiro atoms. The summed E-state index contributed by atoms with van der Waals surface area (Å²) in [4.78, 5) is 15.6. The van der Waals surface area contributed by atoms with Crippen molar-refractivity contribution in [3.8, 4) is 0 Å². The van der Waals surface area contributed by atoms with Crippen LogP contribution in [0.1, 0.15) is 12.8 Å². The van der Waals surface area contributed by atoms with Gasteiger partial charge in [-0.2, -0.15) is 0 Å². The van der Waals surface area contributed by atoms with Crippen LogP contribution < -0.4 is 0 Å². The quantitative estimate of drug-likeness (QED) is 0.644. The molecule has 82 valence electrons. The van der Waals surface area contributed by atoms with Gasteiger partial charge in [0.05, 0.1) is 0 Å². The van der Waals surface area contributed by atoms with Gasteiger partial charge in [0, 0.05) is 25.4 Å². The molecule has 0 saturated carbocycles. The third-order valence-corrected chi connectivity index (χ3v) is 2.98. The maximum Gasteiger partial charge on any atom is 0.222 e. The van der Waals surface area contributed by atoms with Crippen LogP contribution in [-0.2, 0) is 4.79 Å². The fourth-order valence-electron chi connectivity index (χ4n) is 1.75. The second kappa shape index (κ2) is 5.56. The third-order valence-electron chi connectivity index (χ3n) is 2.55. The average Bonchev–Trinajstić information content (AvgIpc) is 2.47. The van der Waals surface area contributed by atoms with Crippen LogP contribution >= 0.6 is 11.6 Å². The lowest BCUT2D eigenvalue weighted by Gasteiger charge is -2.17. The summed E-state index contributed by atoms with van der Waals surface area (Å²) in [6.07, 6.45) is 1.69. The van der Waals surface area contributed by atoms with E-state index in [4.69, 9.17) is 11.6 Å². The third kappa shape index (κ3) is 3.46. The van der Waals surface area contributed by atoms with Crippen LogP contribution in [0, 0.1) is 5.92 Å². The molecule has 3 nitrogen and oxygen atoms in total. The van der Waals surface area contributed by atoms with E-state index in [9.17, 15) is 4.79 Å². The predicted octanol–water partition coefficient (Wildman–Crippen LogP) is 1.03. The zero-order chi connectivity index (χ0) is 10.6. The first-order chi connectivity index (χ1) is 6.63. The normalized spacial score (nSPS) is 22.4. The van der Waals surface area contributed by atoms with Crippen LogP contribution in [0.3, 0.4) is 0 Å². The van der Waals surface area contributed by atoms with Gasteiger partial charge in [0.15, 0.2) is 0 Å². The minimum absolute atomic E-state index is 0.273. The lowest BCUT2D eigenvalue weighted by Crippen LogP contribution is -2.28. The molecule has 4 heteroatoms. The van der Waals surface area contributed by atoms with Gasteiger partial charge < -0.3 is 9.80 Å². The lowest BCUT2D eigenvalue weighted by molar-refractivity contribution is -0.127. The van der Waals surface area contributed by atoms with Crippen LogP contribution in [0.4, 0.5) is 0 Å². The zero-order valence-electron chi connectivity index (χ0n) is 9.00. The highest BCUT2D eigenvalue weighted by Crippen LogP contribution is 2.18. The molecule has 1 aliphatic heterocycles. The SMILES string of the molecule is CN(C)CCCN1CC(CCl)CC1=O. The van der Waals surface area contributed by atoms with E-state index in [0.29, 0.717) is 18.2 Å². The van der Waals surface area contributed by atoms with Crippen LogP contribution in [0.15, 0.2) is 0 Å². The number of halogens is 1. The molecule has 1 saturated heterocycles. The fraction of sp³-hybridized carbons (Fsp3) is 0.900. The molecule has 1 aliphatic rings. The van der Waals surface area contributed by atoms with Crippen LogP contribution in [0.5, 0.6) is 0 Å². The Bertz CT molecular complexity index is 197. The van der Waals surface area contributed by atoms with Crippen molar-refractivity contribution in [2.24, 2.45) is 5.92 Å². The Morgan fingerprint density at radius 1 is 1.57 bits per heavy atom. The van der Waals surface area contributed by atoms with Crippen molar-refractivity contribution < 1.29 is 4.79 Å². The molecule has 1 fully saturated rings. The highest BCUT2D eigenvalue weighted by Gasteiger charge is 2.28. The molecule has 1 heterocycles. The Kier molecular flexibility index (Phi) is 4.69. The second-order valence-electron chi connectivity index (χ2n) is 4.22. The first-order valence-corrected chi connectivity index (χ1v) is 5.65. The Balaban J connectivity index is 2.21. The van der Waals surface area contributed by atoms with Crippen LogP contribution in [0.25, 0.3) is 0 Å².